The summed E-state index contributed by atoms with van der Waals surface area (Å²) in [5.74, 6) is 0. The summed E-state index contributed by atoms with van der Waals surface area (Å²) in [6.07, 6.45) is 4.88. The van der Waals surface area contributed by atoms with E-state index in [9.17, 15) is 5.11 Å². The van der Waals surface area contributed by atoms with E-state index in [1.165, 1.54) is 0 Å². The number of aliphatic hydroxyl groups is 1. The largest absolute Gasteiger partial charge is 0.396 e. The van der Waals surface area contributed by atoms with Crippen molar-refractivity contribution in [3.63, 3.8) is 0 Å². The lowest BCUT2D eigenvalue weighted by molar-refractivity contribution is 0.0938. The number of rotatable bonds is 3. The molecule has 1 unspecified atom stereocenters. The summed E-state index contributed by atoms with van der Waals surface area (Å²) in [5.41, 5.74) is 1.04. The van der Waals surface area contributed by atoms with Crippen molar-refractivity contribution in [1.29, 1.82) is 0 Å². The maximum atomic E-state index is 9.58. The van der Waals surface area contributed by atoms with Crippen molar-refractivity contribution in [2.75, 3.05) is 19.7 Å². The maximum absolute atomic E-state index is 9.58. The number of piperidine rings is 1. The van der Waals surface area contributed by atoms with Gasteiger partial charge in [0, 0.05) is 28.3 Å². The van der Waals surface area contributed by atoms with Gasteiger partial charge in [-0.1, -0.05) is 0 Å². The van der Waals surface area contributed by atoms with E-state index in [0.717, 1.165) is 42.5 Å². The highest BCUT2D eigenvalue weighted by atomic mass is 79.9. The third kappa shape index (κ3) is 2.81. The molecule has 0 amide bonds. The van der Waals surface area contributed by atoms with E-state index in [2.05, 4.69) is 26.2 Å². The molecule has 0 aliphatic carbocycles. The van der Waals surface area contributed by atoms with E-state index in [4.69, 9.17) is 0 Å². The fourth-order valence-corrected chi connectivity index (χ4v) is 2.50. The molecule has 4 heteroatoms. The zero-order chi connectivity index (χ0) is 11.4. The highest BCUT2D eigenvalue weighted by Crippen LogP contribution is 2.29. The number of aromatic nitrogens is 1. The Morgan fingerprint density at radius 3 is 2.94 bits per heavy atom. The average Bonchev–Trinajstić information content (AvgIpc) is 2.33. The molecular formula is C12H17BrN2O. The van der Waals surface area contributed by atoms with Gasteiger partial charge in [-0.3, -0.25) is 4.98 Å². The lowest BCUT2D eigenvalue weighted by atomic mass is 9.77. The second-order valence-corrected chi connectivity index (χ2v) is 5.50. The third-order valence-corrected chi connectivity index (χ3v) is 3.71. The molecule has 1 aromatic rings. The molecule has 16 heavy (non-hydrogen) atoms. The van der Waals surface area contributed by atoms with Gasteiger partial charge in [-0.2, -0.15) is 0 Å². The second kappa shape index (κ2) is 5.25. The Hall–Kier alpha value is -0.450. The van der Waals surface area contributed by atoms with Crippen molar-refractivity contribution in [2.24, 2.45) is 5.41 Å². The highest BCUT2D eigenvalue weighted by molar-refractivity contribution is 9.10. The standard InChI is InChI=1S/C12H17BrN2O/c13-10-2-3-11(15-7-10)6-12(9-16)4-1-5-14-8-12/h2-3,7,14,16H,1,4-6,8-9H2. The van der Waals surface area contributed by atoms with Gasteiger partial charge in [-0.25, -0.2) is 0 Å². The molecule has 1 saturated heterocycles. The molecule has 88 valence electrons. The quantitative estimate of drug-likeness (QED) is 0.889. The van der Waals surface area contributed by atoms with Gasteiger partial charge in [-0.05, 0) is 53.9 Å². The minimum absolute atomic E-state index is 0.0148. The molecule has 1 aliphatic heterocycles. The summed E-state index contributed by atoms with van der Waals surface area (Å²) in [4.78, 5) is 4.38. The van der Waals surface area contributed by atoms with E-state index in [1.807, 2.05) is 18.3 Å². The first-order chi connectivity index (χ1) is 7.74. The maximum Gasteiger partial charge on any atom is 0.0503 e. The van der Waals surface area contributed by atoms with E-state index in [-0.39, 0.29) is 12.0 Å². The normalized spacial score (nSPS) is 25.6. The van der Waals surface area contributed by atoms with Crippen LogP contribution in [0.3, 0.4) is 0 Å². The van der Waals surface area contributed by atoms with Crippen LogP contribution in [0, 0.1) is 5.41 Å². The van der Waals surface area contributed by atoms with Crippen LogP contribution in [0.4, 0.5) is 0 Å². The van der Waals surface area contributed by atoms with Crippen LogP contribution in [0.1, 0.15) is 18.5 Å². The Balaban J connectivity index is 2.08. The predicted molar refractivity (Wildman–Crippen MR) is 67.3 cm³/mol. The number of nitrogens with one attached hydrogen (secondary N) is 1. The molecule has 1 fully saturated rings. The molecule has 1 atom stereocenters. The molecule has 0 radical (unpaired) electrons. The third-order valence-electron chi connectivity index (χ3n) is 3.24. The van der Waals surface area contributed by atoms with E-state index < -0.39 is 0 Å². The average molecular weight is 285 g/mol. The Labute approximate surface area is 104 Å². The first kappa shape index (κ1) is 12.0. The molecule has 1 aliphatic rings. The summed E-state index contributed by atoms with van der Waals surface area (Å²) in [7, 11) is 0. The lowest BCUT2D eigenvalue weighted by Gasteiger charge is -2.35. The fourth-order valence-electron chi connectivity index (χ4n) is 2.27. The molecule has 2 heterocycles. The van der Waals surface area contributed by atoms with Gasteiger partial charge in [0.1, 0.15) is 0 Å². The van der Waals surface area contributed by atoms with Crippen LogP contribution in [0.25, 0.3) is 0 Å². The van der Waals surface area contributed by atoms with E-state index >= 15 is 0 Å². The van der Waals surface area contributed by atoms with Gasteiger partial charge in [-0.15, -0.1) is 0 Å². The smallest absolute Gasteiger partial charge is 0.0503 e. The van der Waals surface area contributed by atoms with E-state index in [1.54, 1.807) is 0 Å². The molecule has 0 saturated carbocycles. The van der Waals surface area contributed by atoms with Crippen LogP contribution in [-0.2, 0) is 6.42 Å². The predicted octanol–water partition coefficient (Wildman–Crippen LogP) is 1.75. The van der Waals surface area contributed by atoms with Crippen LogP contribution in [0.2, 0.25) is 0 Å². The lowest BCUT2D eigenvalue weighted by Crippen LogP contribution is -2.44. The van der Waals surface area contributed by atoms with Crippen molar-refractivity contribution < 1.29 is 5.11 Å². The van der Waals surface area contributed by atoms with Crippen molar-refractivity contribution in [1.82, 2.24) is 10.3 Å². The summed E-state index contributed by atoms with van der Waals surface area (Å²) < 4.78 is 0.996. The van der Waals surface area contributed by atoms with Gasteiger partial charge < -0.3 is 10.4 Å². The summed E-state index contributed by atoms with van der Waals surface area (Å²) in [6.45, 7) is 2.19. The first-order valence-electron chi connectivity index (χ1n) is 5.66. The van der Waals surface area contributed by atoms with Crippen LogP contribution in [-0.4, -0.2) is 29.8 Å². The Kier molecular flexibility index (Phi) is 3.95. The van der Waals surface area contributed by atoms with Gasteiger partial charge in [0.25, 0.3) is 0 Å². The second-order valence-electron chi connectivity index (χ2n) is 4.58. The molecule has 1 aromatic heterocycles. The highest BCUT2D eigenvalue weighted by Gasteiger charge is 2.31. The summed E-state index contributed by atoms with van der Waals surface area (Å²) in [6, 6.07) is 4.03. The molecule has 0 spiro atoms. The molecular weight excluding hydrogens is 268 g/mol. The van der Waals surface area contributed by atoms with Crippen LogP contribution in [0.5, 0.6) is 0 Å². The first-order valence-corrected chi connectivity index (χ1v) is 6.45. The number of nitrogens with zero attached hydrogens (tertiary/aromatic N) is 1. The van der Waals surface area contributed by atoms with Crippen molar-refractivity contribution >= 4 is 15.9 Å². The van der Waals surface area contributed by atoms with Crippen molar-refractivity contribution in [2.45, 2.75) is 19.3 Å². The van der Waals surface area contributed by atoms with Crippen molar-refractivity contribution in [3.05, 3.63) is 28.5 Å². The molecule has 2 rings (SSSR count). The van der Waals surface area contributed by atoms with Gasteiger partial charge in [0.15, 0.2) is 0 Å². The topological polar surface area (TPSA) is 45.2 Å². The number of hydrogen-bond acceptors (Lipinski definition) is 3. The molecule has 3 nitrogen and oxygen atoms in total. The fraction of sp³-hybridized carbons (Fsp3) is 0.583. The number of pyridine rings is 1. The molecule has 0 bridgehead atoms. The monoisotopic (exact) mass is 284 g/mol. The zero-order valence-corrected chi connectivity index (χ0v) is 10.8. The Morgan fingerprint density at radius 2 is 2.38 bits per heavy atom. The Bertz CT molecular complexity index is 333. The molecule has 0 aromatic carbocycles. The van der Waals surface area contributed by atoms with Crippen LogP contribution in [0.15, 0.2) is 22.8 Å². The van der Waals surface area contributed by atoms with Gasteiger partial charge in [0.2, 0.25) is 0 Å². The summed E-state index contributed by atoms with van der Waals surface area (Å²) in [5, 5.41) is 12.9. The van der Waals surface area contributed by atoms with Gasteiger partial charge in [0.05, 0.1) is 6.61 Å². The molecule has 2 N–H and O–H groups in total. The van der Waals surface area contributed by atoms with Gasteiger partial charge >= 0.3 is 0 Å². The number of aliphatic hydroxyl groups excluding tert-OH is 1. The number of halogens is 1. The van der Waals surface area contributed by atoms with Crippen LogP contribution >= 0.6 is 15.9 Å². The zero-order valence-electron chi connectivity index (χ0n) is 9.25. The SMILES string of the molecule is OCC1(Cc2ccc(Br)cn2)CCCNC1. The summed E-state index contributed by atoms with van der Waals surface area (Å²) >= 11 is 3.38. The number of hydrogen-bond donors (Lipinski definition) is 2. The Morgan fingerprint density at radius 1 is 1.50 bits per heavy atom. The minimum Gasteiger partial charge on any atom is -0.396 e. The minimum atomic E-state index is -0.0148. The van der Waals surface area contributed by atoms with Crippen molar-refractivity contribution in [3.8, 4) is 0 Å². The van der Waals surface area contributed by atoms with Crippen LogP contribution < -0.4 is 5.32 Å². The van der Waals surface area contributed by atoms with E-state index in [0.29, 0.717) is 0 Å².